The summed E-state index contributed by atoms with van der Waals surface area (Å²) in [6.45, 7) is 4.74. The van der Waals surface area contributed by atoms with Crippen molar-refractivity contribution in [3.63, 3.8) is 0 Å². The van der Waals surface area contributed by atoms with Crippen LogP contribution in [0.15, 0.2) is 24.3 Å². The summed E-state index contributed by atoms with van der Waals surface area (Å²) in [6.07, 6.45) is 7.10. The molecule has 2 unspecified atom stereocenters. The number of carbonyl (C=O) groups excluding carboxylic acids is 1. The number of nitriles is 1. The van der Waals surface area contributed by atoms with E-state index in [2.05, 4.69) is 37.1 Å². The highest BCUT2D eigenvalue weighted by atomic mass is 16.2. The first-order valence-electron chi connectivity index (χ1n) is 11.7. The van der Waals surface area contributed by atoms with Gasteiger partial charge >= 0.3 is 0 Å². The van der Waals surface area contributed by atoms with Crippen molar-refractivity contribution in [2.75, 3.05) is 33.3 Å². The van der Waals surface area contributed by atoms with E-state index in [9.17, 15) is 15.2 Å². The highest BCUT2D eigenvalue weighted by molar-refractivity contribution is 5.80. The molecule has 1 aromatic rings. The fourth-order valence-electron chi connectivity index (χ4n) is 5.49. The quantitative estimate of drug-likeness (QED) is 0.746. The van der Waals surface area contributed by atoms with E-state index in [0.717, 1.165) is 49.8 Å². The molecule has 164 valence electrons. The van der Waals surface area contributed by atoms with Gasteiger partial charge in [-0.05, 0) is 69.7 Å². The number of piperidine rings is 2. The number of benzene rings is 1. The monoisotopic (exact) mass is 411 g/mol. The summed E-state index contributed by atoms with van der Waals surface area (Å²) in [4.78, 5) is 17.8. The van der Waals surface area contributed by atoms with E-state index in [1.165, 1.54) is 0 Å². The number of rotatable bonds is 7. The molecule has 0 aromatic heterocycles. The van der Waals surface area contributed by atoms with Gasteiger partial charge < -0.3 is 14.9 Å². The van der Waals surface area contributed by atoms with Crippen LogP contribution in [0.4, 0.5) is 0 Å². The zero-order chi connectivity index (χ0) is 21.6. The van der Waals surface area contributed by atoms with Crippen molar-refractivity contribution in [3.8, 4) is 6.07 Å². The van der Waals surface area contributed by atoms with Crippen LogP contribution in [0.2, 0.25) is 0 Å². The molecule has 2 aliphatic heterocycles. The third-order valence-electron chi connectivity index (χ3n) is 7.24. The molecule has 2 saturated heterocycles. The Morgan fingerprint density at radius 2 is 2.00 bits per heavy atom. The standard InChI is InChI=1S/C25H37N3O2/c1-3-8-23-21(11-6-15-27(23)2)24(30)28-16-13-25(19-26,14-17-28)22-12-5-4-9-20(22)10-7-18-29/h4-5,9,12,21,23,29H,3,6-8,10-11,13-18H2,1-2H3. The smallest absolute Gasteiger partial charge is 0.227 e. The van der Waals surface area contributed by atoms with Crippen molar-refractivity contribution in [2.45, 2.75) is 69.7 Å². The highest BCUT2D eigenvalue weighted by Crippen LogP contribution is 2.38. The first kappa shape index (κ1) is 22.8. The van der Waals surface area contributed by atoms with Crippen LogP contribution in [0.5, 0.6) is 0 Å². The van der Waals surface area contributed by atoms with Crippen LogP contribution >= 0.6 is 0 Å². The predicted octanol–water partition coefficient (Wildman–Crippen LogP) is 3.51. The molecule has 0 bridgehead atoms. The van der Waals surface area contributed by atoms with Gasteiger partial charge in [0, 0.05) is 25.7 Å². The molecule has 3 rings (SSSR count). The highest BCUT2D eigenvalue weighted by Gasteiger charge is 2.42. The molecule has 5 heteroatoms. The van der Waals surface area contributed by atoms with Crippen LogP contribution in [-0.2, 0) is 16.6 Å². The lowest BCUT2D eigenvalue weighted by Gasteiger charge is -2.43. The summed E-state index contributed by atoms with van der Waals surface area (Å²) in [5.41, 5.74) is 1.72. The Hall–Kier alpha value is -1.90. The van der Waals surface area contributed by atoms with Crippen molar-refractivity contribution >= 4 is 5.91 Å². The maximum atomic E-state index is 13.4. The lowest BCUT2D eigenvalue weighted by molar-refractivity contribution is -0.141. The summed E-state index contributed by atoms with van der Waals surface area (Å²) in [7, 11) is 2.15. The molecule has 5 nitrogen and oxygen atoms in total. The van der Waals surface area contributed by atoms with E-state index >= 15 is 0 Å². The van der Waals surface area contributed by atoms with Crippen LogP contribution in [0.1, 0.15) is 63.0 Å². The van der Waals surface area contributed by atoms with Crippen LogP contribution in [0.25, 0.3) is 0 Å². The molecule has 1 amide bonds. The third-order valence-corrected chi connectivity index (χ3v) is 7.24. The average Bonchev–Trinajstić information content (AvgIpc) is 2.79. The predicted molar refractivity (Wildman–Crippen MR) is 119 cm³/mol. The van der Waals surface area contributed by atoms with Gasteiger partial charge in [0.1, 0.15) is 0 Å². The summed E-state index contributed by atoms with van der Waals surface area (Å²) in [5, 5.41) is 19.4. The number of nitrogens with zero attached hydrogens (tertiary/aromatic N) is 3. The number of carbonyl (C=O) groups is 1. The number of aryl methyl sites for hydroxylation is 1. The minimum Gasteiger partial charge on any atom is -0.396 e. The van der Waals surface area contributed by atoms with Gasteiger partial charge in [-0.1, -0.05) is 37.6 Å². The second kappa shape index (κ2) is 10.4. The molecule has 2 fully saturated rings. The Labute approximate surface area is 181 Å². The topological polar surface area (TPSA) is 67.6 Å². The summed E-state index contributed by atoms with van der Waals surface area (Å²) >= 11 is 0. The summed E-state index contributed by atoms with van der Waals surface area (Å²) in [6, 6.07) is 11.1. The van der Waals surface area contributed by atoms with Crippen molar-refractivity contribution < 1.29 is 9.90 Å². The maximum Gasteiger partial charge on any atom is 0.227 e. The number of amides is 1. The molecular formula is C25H37N3O2. The van der Waals surface area contributed by atoms with Crippen molar-refractivity contribution in [1.29, 1.82) is 5.26 Å². The fourth-order valence-corrected chi connectivity index (χ4v) is 5.49. The normalized spacial score (nSPS) is 24.4. The van der Waals surface area contributed by atoms with E-state index in [1.807, 2.05) is 17.0 Å². The number of likely N-dealkylation sites (tertiary alicyclic amines) is 2. The molecule has 0 radical (unpaired) electrons. The lowest BCUT2D eigenvalue weighted by atomic mass is 9.71. The molecule has 1 aromatic carbocycles. The van der Waals surface area contributed by atoms with Gasteiger partial charge in [0.05, 0.1) is 17.4 Å². The first-order valence-corrected chi connectivity index (χ1v) is 11.7. The van der Waals surface area contributed by atoms with Gasteiger partial charge in [0.15, 0.2) is 0 Å². The zero-order valence-electron chi connectivity index (χ0n) is 18.6. The summed E-state index contributed by atoms with van der Waals surface area (Å²) in [5.74, 6) is 0.384. The van der Waals surface area contributed by atoms with E-state index in [1.54, 1.807) is 0 Å². The van der Waals surface area contributed by atoms with Gasteiger partial charge in [-0.15, -0.1) is 0 Å². The zero-order valence-corrected chi connectivity index (χ0v) is 18.6. The Balaban J connectivity index is 1.73. The second-order valence-corrected chi connectivity index (χ2v) is 9.09. The lowest BCUT2D eigenvalue weighted by Crippen LogP contribution is -2.53. The van der Waals surface area contributed by atoms with E-state index in [4.69, 9.17) is 0 Å². The molecule has 1 N–H and O–H groups in total. The molecular weight excluding hydrogens is 374 g/mol. The molecule has 2 atom stereocenters. The van der Waals surface area contributed by atoms with Crippen molar-refractivity contribution in [2.24, 2.45) is 5.92 Å². The largest absolute Gasteiger partial charge is 0.396 e. The van der Waals surface area contributed by atoms with Gasteiger partial charge in [0.25, 0.3) is 0 Å². The number of aliphatic hydroxyl groups is 1. The van der Waals surface area contributed by atoms with E-state index < -0.39 is 5.41 Å². The van der Waals surface area contributed by atoms with Gasteiger partial charge in [-0.3, -0.25) is 4.79 Å². The maximum absolute atomic E-state index is 13.4. The van der Waals surface area contributed by atoms with E-state index in [0.29, 0.717) is 44.3 Å². The number of hydrogen-bond donors (Lipinski definition) is 1. The van der Waals surface area contributed by atoms with Crippen LogP contribution in [0.3, 0.4) is 0 Å². The van der Waals surface area contributed by atoms with Crippen LogP contribution in [0, 0.1) is 17.2 Å². The van der Waals surface area contributed by atoms with Crippen molar-refractivity contribution in [3.05, 3.63) is 35.4 Å². The van der Waals surface area contributed by atoms with Gasteiger partial charge in [0.2, 0.25) is 5.91 Å². The first-order chi connectivity index (χ1) is 14.6. The Morgan fingerprint density at radius 1 is 1.27 bits per heavy atom. The Bertz CT molecular complexity index is 749. The second-order valence-electron chi connectivity index (χ2n) is 9.09. The van der Waals surface area contributed by atoms with Crippen molar-refractivity contribution in [1.82, 2.24) is 9.80 Å². The molecule has 0 saturated carbocycles. The van der Waals surface area contributed by atoms with Gasteiger partial charge in [-0.25, -0.2) is 0 Å². The van der Waals surface area contributed by atoms with Crippen LogP contribution in [-0.4, -0.2) is 60.1 Å². The average molecular weight is 412 g/mol. The Kier molecular flexibility index (Phi) is 7.91. The molecule has 30 heavy (non-hydrogen) atoms. The number of aliphatic hydroxyl groups excluding tert-OH is 1. The third kappa shape index (κ3) is 4.71. The SMILES string of the molecule is CCCC1C(C(=O)N2CCC(C#N)(c3ccccc3CCCO)CC2)CCCN1C. The summed E-state index contributed by atoms with van der Waals surface area (Å²) < 4.78 is 0. The van der Waals surface area contributed by atoms with Gasteiger partial charge in [-0.2, -0.15) is 5.26 Å². The molecule has 2 aliphatic rings. The molecule has 0 aliphatic carbocycles. The molecule has 0 spiro atoms. The van der Waals surface area contributed by atoms with E-state index in [-0.39, 0.29) is 12.5 Å². The number of hydrogen-bond acceptors (Lipinski definition) is 4. The fraction of sp³-hybridized carbons (Fsp3) is 0.680. The molecule has 2 heterocycles. The van der Waals surface area contributed by atoms with Crippen LogP contribution < -0.4 is 0 Å². The Morgan fingerprint density at radius 3 is 2.67 bits per heavy atom. The minimum absolute atomic E-state index is 0.0927. The minimum atomic E-state index is -0.533.